The first-order chi connectivity index (χ1) is 5.52. The van der Waals surface area contributed by atoms with Crippen molar-refractivity contribution in [2.24, 2.45) is 0 Å². The topological polar surface area (TPSA) is 111 Å². The minimum Gasteiger partial charge on any atom is -0.618 e. The van der Waals surface area contributed by atoms with Crippen LogP contribution in [0.25, 0.3) is 0 Å². The number of hydrogen-bond donors (Lipinski definition) is 3. The van der Waals surface area contributed by atoms with E-state index in [0.29, 0.717) is 0 Å². The van der Waals surface area contributed by atoms with Crippen LogP contribution in [0.2, 0.25) is 0 Å². The molecule has 0 radical (unpaired) electrons. The summed E-state index contributed by atoms with van der Waals surface area (Å²) < 4.78 is 0. The maximum atomic E-state index is 10.6. The summed E-state index contributed by atoms with van der Waals surface area (Å²) in [4.78, 5) is 31.5. The van der Waals surface area contributed by atoms with Gasteiger partial charge in [-0.05, 0) is 0 Å². The normalized spacial score (nSPS) is 29.8. The second kappa shape index (κ2) is 2.88. The summed E-state index contributed by atoms with van der Waals surface area (Å²) in [5, 5.41) is 19.6. The number of hydroxylamine groups is 2. The van der Waals surface area contributed by atoms with E-state index in [4.69, 9.17) is 5.11 Å². The van der Waals surface area contributed by atoms with Gasteiger partial charge in [-0.1, -0.05) is 0 Å². The molecule has 0 aromatic carbocycles. The molecule has 7 nitrogen and oxygen atoms in total. The van der Waals surface area contributed by atoms with Gasteiger partial charge in [-0.15, -0.1) is 0 Å². The Kier molecular flexibility index (Phi) is 2.07. The molecular formula is C5H6N2O5. The SMILES string of the molecule is O=C(O)C1CC(=O)[NH+]([O-])C(=O)N1. The highest BCUT2D eigenvalue weighted by Crippen LogP contribution is 1.94. The highest BCUT2D eigenvalue weighted by Gasteiger charge is 2.36. The summed E-state index contributed by atoms with van der Waals surface area (Å²) in [6.45, 7) is 0. The number of carboxylic acid groups (broad SMARTS) is 1. The van der Waals surface area contributed by atoms with Crippen molar-refractivity contribution < 1.29 is 24.6 Å². The van der Waals surface area contributed by atoms with Crippen LogP contribution in [0.15, 0.2) is 0 Å². The molecule has 2 atom stereocenters. The fraction of sp³-hybridized carbons (Fsp3) is 0.400. The number of hydrogen-bond acceptors (Lipinski definition) is 4. The monoisotopic (exact) mass is 174 g/mol. The summed E-state index contributed by atoms with van der Waals surface area (Å²) in [6, 6.07) is -2.40. The fourth-order valence-corrected chi connectivity index (χ4v) is 0.829. The third kappa shape index (κ3) is 1.41. The van der Waals surface area contributed by atoms with Crippen molar-refractivity contribution in [1.82, 2.24) is 5.32 Å². The number of carbonyl (C=O) groups excluding carboxylic acids is 2. The molecule has 7 heteroatoms. The summed E-state index contributed by atoms with van der Waals surface area (Å²) in [6.07, 6.45) is -0.458. The molecule has 66 valence electrons. The van der Waals surface area contributed by atoms with Gasteiger partial charge >= 0.3 is 17.9 Å². The van der Waals surface area contributed by atoms with Crippen molar-refractivity contribution in [2.75, 3.05) is 0 Å². The van der Waals surface area contributed by atoms with E-state index >= 15 is 0 Å². The van der Waals surface area contributed by atoms with Gasteiger partial charge in [0.15, 0.2) is 0 Å². The van der Waals surface area contributed by atoms with Crippen LogP contribution in [0.4, 0.5) is 4.79 Å². The third-order valence-corrected chi connectivity index (χ3v) is 1.45. The first-order valence-electron chi connectivity index (χ1n) is 3.13. The van der Waals surface area contributed by atoms with E-state index in [0.717, 1.165) is 0 Å². The van der Waals surface area contributed by atoms with E-state index in [2.05, 4.69) is 0 Å². The number of imide groups is 1. The van der Waals surface area contributed by atoms with Crippen LogP contribution in [0, 0.1) is 5.21 Å². The average Bonchev–Trinajstić information content (AvgIpc) is 1.99. The third-order valence-electron chi connectivity index (χ3n) is 1.45. The van der Waals surface area contributed by atoms with E-state index in [1.54, 1.807) is 0 Å². The lowest BCUT2D eigenvalue weighted by Crippen LogP contribution is -3.16. The van der Waals surface area contributed by atoms with Crippen molar-refractivity contribution in [3.8, 4) is 0 Å². The summed E-state index contributed by atoms with van der Waals surface area (Å²) in [5.41, 5.74) is 0. The zero-order valence-corrected chi connectivity index (χ0v) is 5.86. The molecule has 2 unspecified atom stereocenters. The van der Waals surface area contributed by atoms with Crippen molar-refractivity contribution in [3.63, 3.8) is 0 Å². The molecule has 1 saturated heterocycles. The molecule has 0 spiro atoms. The number of urea groups is 1. The van der Waals surface area contributed by atoms with Crippen LogP contribution in [0.5, 0.6) is 0 Å². The number of rotatable bonds is 1. The van der Waals surface area contributed by atoms with Gasteiger partial charge in [-0.2, -0.15) is 0 Å². The van der Waals surface area contributed by atoms with Crippen LogP contribution in [0.3, 0.4) is 0 Å². The quantitative estimate of drug-likeness (QED) is 0.379. The van der Waals surface area contributed by atoms with E-state index < -0.39 is 35.4 Å². The molecule has 1 rings (SSSR count). The first-order valence-corrected chi connectivity index (χ1v) is 3.13. The zero-order valence-electron chi connectivity index (χ0n) is 5.86. The maximum Gasteiger partial charge on any atom is 0.423 e. The Hall–Kier alpha value is -1.47. The molecule has 1 heterocycles. The highest BCUT2D eigenvalue weighted by atomic mass is 16.5. The van der Waals surface area contributed by atoms with Gasteiger partial charge in [0.25, 0.3) is 0 Å². The molecule has 3 N–H and O–H groups in total. The molecule has 0 aliphatic carbocycles. The Labute approximate surface area is 66.5 Å². The smallest absolute Gasteiger partial charge is 0.423 e. The molecule has 0 aromatic heterocycles. The molecule has 12 heavy (non-hydrogen) atoms. The number of quaternary nitrogens is 1. The molecule has 1 aliphatic heterocycles. The average molecular weight is 174 g/mol. The van der Waals surface area contributed by atoms with Crippen LogP contribution in [0.1, 0.15) is 6.42 Å². The zero-order chi connectivity index (χ0) is 9.30. The van der Waals surface area contributed by atoms with Crippen LogP contribution in [-0.2, 0) is 9.59 Å². The van der Waals surface area contributed by atoms with Crippen LogP contribution >= 0.6 is 0 Å². The highest BCUT2D eigenvalue weighted by molar-refractivity contribution is 5.91. The lowest BCUT2D eigenvalue weighted by molar-refractivity contribution is -0.676. The van der Waals surface area contributed by atoms with E-state index in [1.807, 2.05) is 5.32 Å². The number of carbonyl (C=O) groups is 3. The summed E-state index contributed by atoms with van der Waals surface area (Å²) in [7, 11) is 0. The van der Waals surface area contributed by atoms with E-state index in [-0.39, 0.29) is 0 Å². The number of carboxylic acids is 1. The van der Waals surface area contributed by atoms with Gasteiger partial charge in [0.05, 0.1) is 6.42 Å². The Morgan fingerprint density at radius 3 is 2.67 bits per heavy atom. The van der Waals surface area contributed by atoms with Gasteiger partial charge in [0.1, 0.15) is 6.04 Å². The first kappa shape index (κ1) is 8.62. The number of amides is 3. The Bertz CT molecular complexity index is 232. The van der Waals surface area contributed by atoms with Crippen LogP contribution < -0.4 is 10.4 Å². The van der Waals surface area contributed by atoms with Gasteiger partial charge in [-0.3, -0.25) is 5.32 Å². The summed E-state index contributed by atoms with van der Waals surface area (Å²) in [5.74, 6) is -2.27. The lowest BCUT2D eigenvalue weighted by Gasteiger charge is -2.25. The predicted molar refractivity (Wildman–Crippen MR) is 33.9 cm³/mol. The molecule has 3 amide bonds. The lowest BCUT2D eigenvalue weighted by atomic mass is 10.2. The van der Waals surface area contributed by atoms with E-state index in [1.165, 1.54) is 0 Å². The van der Waals surface area contributed by atoms with Gasteiger partial charge in [-0.25, -0.2) is 19.4 Å². The van der Waals surface area contributed by atoms with Gasteiger partial charge < -0.3 is 10.3 Å². The minimum atomic E-state index is -1.32. The standard InChI is InChI=1S/C5H6N2O5/c8-3-1-2(4(9)10)6-5(11)7(3)12/h2,7H,1H2,(H,6,11)(H,9,10). The van der Waals surface area contributed by atoms with Crippen molar-refractivity contribution in [2.45, 2.75) is 12.5 Å². The Morgan fingerprint density at radius 1 is 1.67 bits per heavy atom. The second-order valence-electron chi connectivity index (χ2n) is 2.32. The van der Waals surface area contributed by atoms with E-state index in [9.17, 15) is 19.6 Å². The largest absolute Gasteiger partial charge is 0.618 e. The Morgan fingerprint density at radius 2 is 2.25 bits per heavy atom. The molecular weight excluding hydrogens is 168 g/mol. The Balaban J connectivity index is 2.72. The van der Waals surface area contributed by atoms with Gasteiger partial charge in [0, 0.05) is 0 Å². The van der Waals surface area contributed by atoms with Crippen molar-refractivity contribution in [3.05, 3.63) is 5.21 Å². The summed E-state index contributed by atoms with van der Waals surface area (Å²) >= 11 is 0. The van der Waals surface area contributed by atoms with Crippen molar-refractivity contribution >= 4 is 17.9 Å². The van der Waals surface area contributed by atoms with Gasteiger partial charge in [0.2, 0.25) is 0 Å². The number of aliphatic carboxylic acids is 1. The van der Waals surface area contributed by atoms with Crippen LogP contribution in [-0.4, -0.2) is 29.1 Å². The molecule has 0 saturated carbocycles. The number of nitrogens with one attached hydrogen (secondary N) is 2. The second-order valence-corrected chi connectivity index (χ2v) is 2.32. The minimum absolute atomic E-state index is 0.458. The van der Waals surface area contributed by atoms with Crippen molar-refractivity contribution in [1.29, 1.82) is 0 Å². The predicted octanol–water partition coefficient (Wildman–Crippen LogP) is -2.54. The molecule has 1 fully saturated rings. The molecule has 0 aromatic rings. The maximum absolute atomic E-state index is 10.6. The molecule has 1 aliphatic rings. The molecule has 0 bridgehead atoms. The fourth-order valence-electron chi connectivity index (χ4n) is 0.829.